The molecule has 1 atom stereocenters. The molecule has 0 fully saturated rings. The molecule has 6 heteroatoms. The Hall–Kier alpha value is -1.43. The molecule has 0 aliphatic rings. The second-order valence-corrected chi connectivity index (χ2v) is 3.51. The molecule has 0 bridgehead atoms. The molecule has 16 heavy (non-hydrogen) atoms. The van der Waals surface area contributed by atoms with Crippen molar-refractivity contribution in [3.63, 3.8) is 0 Å². The van der Waals surface area contributed by atoms with Crippen LogP contribution in [0, 0.1) is 0 Å². The standard InChI is InChI=1S/C10H18N4O2/c1-4-7(3)14-8(6-11)9(12-13-14)10(15)16-5-2/h7H,4-6,11H2,1-3H3. The second kappa shape index (κ2) is 5.60. The van der Waals surface area contributed by atoms with Gasteiger partial charge in [0.05, 0.1) is 18.3 Å². The van der Waals surface area contributed by atoms with Crippen molar-refractivity contribution in [3.8, 4) is 0 Å². The number of rotatable bonds is 5. The number of nitrogens with two attached hydrogens (primary N) is 1. The van der Waals surface area contributed by atoms with Gasteiger partial charge >= 0.3 is 5.97 Å². The minimum Gasteiger partial charge on any atom is -0.461 e. The number of esters is 1. The van der Waals surface area contributed by atoms with Crippen LogP contribution in [0.1, 0.15) is 49.4 Å². The van der Waals surface area contributed by atoms with Gasteiger partial charge in [-0.15, -0.1) is 5.10 Å². The topological polar surface area (TPSA) is 83.0 Å². The molecule has 6 nitrogen and oxygen atoms in total. The molecule has 0 saturated heterocycles. The van der Waals surface area contributed by atoms with Crippen molar-refractivity contribution >= 4 is 5.97 Å². The predicted octanol–water partition coefficient (Wildman–Crippen LogP) is 0.885. The van der Waals surface area contributed by atoms with Gasteiger partial charge in [0.25, 0.3) is 0 Å². The van der Waals surface area contributed by atoms with E-state index >= 15 is 0 Å². The van der Waals surface area contributed by atoms with Crippen LogP contribution in [0.4, 0.5) is 0 Å². The first kappa shape index (κ1) is 12.6. The molecular formula is C10H18N4O2. The fraction of sp³-hybridized carbons (Fsp3) is 0.700. The number of nitrogens with zero attached hydrogens (tertiary/aromatic N) is 3. The van der Waals surface area contributed by atoms with Gasteiger partial charge in [-0.1, -0.05) is 12.1 Å². The molecule has 0 aliphatic carbocycles. The molecule has 0 aliphatic heterocycles. The summed E-state index contributed by atoms with van der Waals surface area (Å²) in [5.41, 5.74) is 6.47. The number of aromatic nitrogens is 3. The number of ether oxygens (including phenoxy) is 1. The van der Waals surface area contributed by atoms with Gasteiger partial charge in [-0.25, -0.2) is 9.48 Å². The zero-order valence-electron chi connectivity index (χ0n) is 9.93. The zero-order chi connectivity index (χ0) is 12.1. The minimum absolute atomic E-state index is 0.175. The maximum absolute atomic E-state index is 11.6. The van der Waals surface area contributed by atoms with E-state index in [0.717, 1.165) is 6.42 Å². The summed E-state index contributed by atoms with van der Waals surface area (Å²) in [7, 11) is 0. The SMILES string of the molecule is CCOC(=O)c1nnn(C(C)CC)c1CN. The molecule has 0 aromatic carbocycles. The third kappa shape index (κ3) is 2.38. The highest BCUT2D eigenvalue weighted by Gasteiger charge is 2.21. The van der Waals surface area contributed by atoms with Crippen molar-refractivity contribution in [1.82, 2.24) is 15.0 Å². The summed E-state index contributed by atoms with van der Waals surface area (Å²) in [6.45, 7) is 6.34. The van der Waals surface area contributed by atoms with Crippen LogP contribution in [-0.2, 0) is 11.3 Å². The van der Waals surface area contributed by atoms with Crippen LogP contribution < -0.4 is 5.73 Å². The molecule has 1 aromatic rings. The highest BCUT2D eigenvalue weighted by atomic mass is 16.5. The van der Waals surface area contributed by atoms with Gasteiger partial charge in [-0.05, 0) is 20.3 Å². The predicted molar refractivity (Wildman–Crippen MR) is 58.9 cm³/mol. The molecule has 1 heterocycles. The van der Waals surface area contributed by atoms with Crippen LogP contribution in [0.15, 0.2) is 0 Å². The van der Waals surface area contributed by atoms with E-state index < -0.39 is 5.97 Å². The van der Waals surface area contributed by atoms with Crippen molar-refractivity contribution in [3.05, 3.63) is 11.4 Å². The summed E-state index contributed by atoms with van der Waals surface area (Å²) in [6, 6.07) is 0.175. The first-order chi connectivity index (χ1) is 7.65. The van der Waals surface area contributed by atoms with Crippen molar-refractivity contribution in [2.24, 2.45) is 5.73 Å². The fourth-order valence-corrected chi connectivity index (χ4v) is 1.39. The third-order valence-electron chi connectivity index (χ3n) is 2.46. The Kier molecular flexibility index (Phi) is 4.42. The van der Waals surface area contributed by atoms with Gasteiger partial charge in [-0.2, -0.15) is 0 Å². The summed E-state index contributed by atoms with van der Waals surface area (Å²) in [5, 5.41) is 7.78. The van der Waals surface area contributed by atoms with Crippen molar-refractivity contribution in [2.45, 2.75) is 39.8 Å². The van der Waals surface area contributed by atoms with Gasteiger partial charge in [0.2, 0.25) is 0 Å². The maximum Gasteiger partial charge on any atom is 0.360 e. The highest BCUT2D eigenvalue weighted by molar-refractivity contribution is 5.88. The molecule has 1 rings (SSSR count). The number of hydrogen-bond acceptors (Lipinski definition) is 5. The monoisotopic (exact) mass is 226 g/mol. The van der Waals surface area contributed by atoms with Crippen LogP contribution >= 0.6 is 0 Å². The van der Waals surface area contributed by atoms with E-state index in [1.165, 1.54) is 0 Å². The Balaban J connectivity index is 3.03. The Bertz CT molecular complexity index is 362. The van der Waals surface area contributed by atoms with Gasteiger partial charge < -0.3 is 10.5 Å². The summed E-state index contributed by atoms with van der Waals surface area (Å²) in [5.74, 6) is -0.461. The Morgan fingerprint density at radius 2 is 2.25 bits per heavy atom. The molecule has 0 amide bonds. The summed E-state index contributed by atoms with van der Waals surface area (Å²) in [6.07, 6.45) is 0.901. The van der Waals surface area contributed by atoms with E-state index in [0.29, 0.717) is 12.3 Å². The normalized spacial score (nSPS) is 12.5. The summed E-state index contributed by atoms with van der Waals surface area (Å²) >= 11 is 0. The largest absolute Gasteiger partial charge is 0.461 e. The quantitative estimate of drug-likeness (QED) is 0.754. The average Bonchev–Trinajstić information content (AvgIpc) is 2.71. The average molecular weight is 226 g/mol. The first-order valence-electron chi connectivity index (χ1n) is 5.46. The maximum atomic E-state index is 11.6. The van der Waals surface area contributed by atoms with E-state index in [-0.39, 0.29) is 18.3 Å². The molecule has 90 valence electrons. The molecule has 1 aromatic heterocycles. The van der Waals surface area contributed by atoms with E-state index in [2.05, 4.69) is 10.3 Å². The number of hydrogen-bond donors (Lipinski definition) is 1. The molecule has 1 unspecified atom stereocenters. The van der Waals surface area contributed by atoms with Gasteiger partial charge in [0, 0.05) is 6.54 Å². The lowest BCUT2D eigenvalue weighted by atomic mass is 10.2. The highest BCUT2D eigenvalue weighted by Crippen LogP contribution is 2.14. The Labute approximate surface area is 94.8 Å². The lowest BCUT2D eigenvalue weighted by Crippen LogP contribution is -2.16. The molecule has 0 radical (unpaired) electrons. The zero-order valence-corrected chi connectivity index (χ0v) is 9.93. The van der Waals surface area contributed by atoms with Crippen LogP contribution in [0.3, 0.4) is 0 Å². The van der Waals surface area contributed by atoms with Crippen molar-refractivity contribution in [2.75, 3.05) is 6.61 Å². The van der Waals surface area contributed by atoms with E-state index in [4.69, 9.17) is 10.5 Å². The van der Waals surface area contributed by atoms with Crippen molar-refractivity contribution in [1.29, 1.82) is 0 Å². The Morgan fingerprint density at radius 1 is 1.56 bits per heavy atom. The van der Waals surface area contributed by atoms with Crippen LogP contribution in [0.2, 0.25) is 0 Å². The molecular weight excluding hydrogens is 208 g/mol. The lowest BCUT2D eigenvalue weighted by molar-refractivity contribution is 0.0518. The molecule has 0 spiro atoms. The number of carbonyl (C=O) groups is 1. The van der Waals surface area contributed by atoms with Gasteiger partial charge in [0.1, 0.15) is 0 Å². The third-order valence-corrected chi connectivity index (χ3v) is 2.46. The van der Waals surface area contributed by atoms with Crippen LogP contribution in [0.5, 0.6) is 0 Å². The van der Waals surface area contributed by atoms with Crippen molar-refractivity contribution < 1.29 is 9.53 Å². The first-order valence-corrected chi connectivity index (χ1v) is 5.46. The van der Waals surface area contributed by atoms with E-state index in [9.17, 15) is 4.79 Å². The fourth-order valence-electron chi connectivity index (χ4n) is 1.39. The van der Waals surface area contributed by atoms with Crippen LogP contribution in [0.25, 0.3) is 0 Å². The molecule has 2 N–H and O–H groups in total. The smallest absolute Gasteiger partial charge is 0.360 e. The summed E-state index contributed by atoms with van der Waals surface area (Å²) < 4.78 is 6.57. The van der Waals surface area contributed by atoms with Gasteiger partial charge in [-0.3, -0.25) is 0 Å². The Morgan fingerprint density at radius 3 is 2.75 bits per heavy atom. The number of carbonyl (C=O) groups excluding carboxylic acids is 1. The lowest BCUT2D eigenvalue weighted by Gasteiger charge is -2.11. The van der Waals surface area contributed by atoms with E-state index in [1.54, 1.807) is 11.6 Å². The minimum atomic E-state index is -0.461. The van der Waals surface area contributed by atoms with Gasteiger partial charge in [0.15, 0.2) is 5.69 Å². The van der Waals surface area contributed by atoms with E-state index in [1.807, 2.05) is 13.8 Å². The second-order valence-electron chi connectivity index (χ2n) is 3.51. The summed E-state index contributed by atoms with van der Waals surface area (Å²) in [4.78, 5) is 11.6. The van der Waals surface area contributed by atoms with Crippen LogP contribution in [-0.4, -0.2) is 27.6 Å². The molecule has 0 saturated carbocycles.